The zero-order chi connectivity index (χ0) is 16.0. The molecule has 0 heterocycles. The maximum absolute atomic E-state index is 12.2. The van der Waals surface area contributed by atoms with Gasteiger partial charge in [-0.15, -0.1) is 0 Å². The minimum Gasteiger partial charge on any atom is -0.487 e. The smallest absolute Gasteiger partial charge is 0.300 e. The Balaban J connectivity index is 2.24. The molecule has 0 saturated carbocycles. The summed E-state index contributed by atoms with van der Waals surface area (Å²) in [6.45, 7) is 4.21. The van der Waals surface area contributed by atoms with E-state index in [1.54, 1.807) is 12.1 Å². The summed E-state index contributed by atoms with van der Waals surface area (Å²) in [6.07, 6.45) is 0.630. The molecule has 118 valence electrons. The maximum Gasteiger partial charge on any atom is 0.300 e. The van der Waals surface area contributed by atoms with Gasteiger partial charge in [-0.25, -0.2) is 0 Å². The van der Waals surface area contributed by atoms with E-state index in [1.165, 1.54) is 6.07 Å². The van der Waals surface area contributed by atoms with Crippen molar-refractivity contribution < 1.29 is 17.3 Å². The van der Waals surface area contributed by atoms with Crippen molar-refractivity contribution in [2.75, 3.05) is 6.61 Å². The molecular weight excluding hydrogens is 300 g/mol. The van der Waals surface area contributed by atoms with Crippen LogP contribution < -0.4 is 4.74 Å². The summed E-state index contributed by atoms with van der Waals surface area (Å²) < 4.78 is 35.2. The molecule has 0 aromatic heterocycles. The molecule has 4 nitrogen and oxygen atoms in total. The predicted octanol–water partition coefficient (Wildman–Crippen LogP) is 3.69. The van der Waals surface area contributed by atoms with Crippen molar-refractivity contribution in [1.29, 1.82) is 0 Å². The van der Waals surface area contributed by atoms with Gasteiger partial charge in [-0.3, -0.25) is 4.18 Å². The van der Waals surface area contributed by atoms with Crippen molar-refractivity contribution in [3.63, 3.8) is 0 Å². The molecule has 0 aliphatic carbocycles. The van der Waals surface area contributed by atoms with Gasteiger partial charge in [-0.05, 0) is 36.6 Å². The van der Waals surface area contributed by atoms with Gasteiger partial charge in [0, 0.05) is 0 Å². The Labute approximate surface area is 131 Å². The lowest BCUT2D eigenvalue weighted by Gasteiger charge is -2.13. The highest BCUT2D eigenvalue weighted by Crippen LogP contribution is 2.27. The first-order valence-electron chi connectivity index (χ1n) is 7.19. The van der Waals surface area contributed by atoms with Crippen molar-refractivity contribution in [3.8, 4) is 5.75 Å². The highest BCUT2D eigenvalue weighted by molar-refractivity contribution is 7.86. The highest BCUT2D eigenvalue weighted by atomic mass is 32.2. The second kappa shape index (κ2) is 7.42. The molecule has 0 aliphatic heterocycles. The lowest BCUT2D eigenvalue weighted by atomic mass is 10.2. The number of hydrogen-bond donors (Lipinski definition) is 0. The van der Waals surface area contributed by atoms with Crippen LogP contribution in [0.1, 0.15) is 24.5 Å². The summed E-state index contributed by atoms with van der Waals surface area (Å²) in [4.78, 5) is 0.0717. The monoisotopic (exact) mass is 320 g/mol. The zero-order valence-electron chi connectivity index (χ0n) is 12.8. The normalized spacial score (nSPS) is 11.4. The average Bonchev–Trinajstić information content (AvgIpc) is 2.52. The molecule has 0 radical (unpaired) electrons. The van der Waals surface area contributed by atoms with Crippen molar-refractivity contribution in [3.05, 3.63) is 59.7 Å². The first kappa shape index (κ1) is 16.5. The number of hydrogen-bond acceptors (Lipinski definition) is 4. The second-order valence-electron chi connectivity index (χ2n) is 5.00. The minimum atomic E-state index is -3.80. The molecule has 0 spiro atoms. The molecule has 0 N–H and O–H groups in total. The standard InChI is InChI=1S/C17H20O4S/c1-3-11-21-22(18,19)17-10-9-14(2)12-16(17)20-13-15-7-5-4-6-8-15/h4-10,12H,3,11,13H2,1-2H3. The number of rotatable bonds is 7. The summed E-state index contributed by atoms with van der Waals surface area (Å²) in [5, 5.41) is 0. The highest BCUT2D eigenvalue weighted by Gasteiger charge is 2.20. The molecule has 5 heteroatoms. The topological polar surface area (TPSA) is 52.6 Å². The van der Waals surface area contributed by atoms with Crippen LogP contribution in [0.25, 0.3) is 0 Å². The fourth-order valence-electron chi connectivity index (χ4n) is 1.93. The fraction of sp³-hybridized carbons (Fsp3) is 0.294. The Hall–Kier alpha value is -1.85. The second-order valence-corrected chi connectivity index (χ2v) is 6.58. The van der Waals surface area contributed by atoms with E-state index in [1.807, 2.05) is 44.2 Å². The van der Waals surface area contributed by atoms with Gasteiger partial charge in [0.2, 0.25) is 0 Å². The summed E-state index contributed by atoms with van der Waals surface area (Å²) in [7, 11) is -3.80. The number of ether oxygens (including phenoxy) is 1. The summed E-state index contributed by atoms with van der Waals surface area (Å²) in [6, 6.07) is 14.6. The van der Waals surface area contributed by atoms with Crippen molar-refractivity contribution in [1.82, 2.24) is 0 Å². The van der Waals surface area contributed by atoms with E-state index >= 15 is 0 Å². The molecule has 22 heavy (non-hydrogen) atoms. The van der Waals surface area contributed by atoms with E-state index < -0.39 is 10.1 Å². The zero-order valence-corrected chi connectivity index (χ0v) is 13.6. The molecular formula is C17H20O4S. The van der Waals surface area contributed by atoms with E-state index in [0.717, 1.165) is 11.1 Å². The molecule has 0 unspecified atom stereocenters. The van der Waals surface area contributed by atoms with Gasteiger partial charge in [0.25, 0.3) is 0 Å². The lowest BCUT2D eigenvalue weighted by molar-refractivity contribution is 0.288. The van der Waals surface area contributed by atoms with Gasteiger partial charge in [0.1, 0.15) is 17.3 Å². The van der Waals surface area contributed by atoms with Gasteiger partial charge in [0.05, 0.1) is 6.61 Å². The van der Waals surface area contributed by atoms with E-state index in [9.17, 15) is 8.42 Å². The van der Waals surface area contributed by atoms with E-state index in [4.69, 9.17) is 8.92 Å². The molecule has 2 aromatic carbocycles. The largest absolute Gasteiger partial charge is 0.487 e. The van der Waals surface area contributed by atoms with Crippen LogP contribution in [0.5, 0.6) is 5.75 Å². The number of benzene rings is 2. The van der Waals surface area contributed by atoms with Gasteiger partial charge >= 0.3 is 10.1 Å². The molecule has 0 amide bonds. The summed E-state index contributed by atoms with van der Waals surface area (Å²) in [5.74, 6) is 0.319. The third kappa shape index (κ3) is 4.32. The third-order valence-electron chi connectivity index (χ3n) is 3.05. The first-order valence-corrected chi connectivity index (χ1v) is 8.60. The summed E-state index contributed by atoms with van der Waals surface area (Å²) in [5.41, 5.74) is 1.90. The summed E-state index contributed by atoms with van der Waals surface area (Å²) >= 11 is 0. The molecule has 0 fully saturated rings. The predicted molar refractivity (Wildman–Crippen MR) is 85.4 cm³/mol. The van der Waals surface area contributed by atoms with Crippen LogP contribution in [0.15, 0.2) is 53.4 Å². The molecule has 2 aromatic rings. The van der Waals surface area contributed by atoms with E-state index in [-0.39, 0.29) is 11.5 Å². The van der Waals surface area contributed by atoms with Crippen LogP contribution in [0.4, 0.5) is 0 Å². The van der Waals surface area contributed by atoms with Crippen LogP contribution in [-0.2, 0) is 20.9 Å². The van der Waals surface area contributed by atoms with Crippen LogP contribution in [0.3, 0.4) is 0 Å². The Morgan fingerprint density at radius 2 is 1.77 bits per heavy atom. The Bertz CT molecular complexity index is 709. The minimum absolute atomic E-state index is 0.0717. The molecule has 0 bridgehead atoms. The maximum atomic E-state index is 12.2. The van der Waals surface area contributed by atoms with Gasteiger partial charge in [-0.2, -0.15) is 8.42 Å². The average molecular weight is 320 g/mol. The van der Waals surface area contributed by atoms with Crippen molar-refractivity contribution in [2.24, 2.45) is 0 Å². The molecule has 2 rings (SSSR count). The van der Waals surface area contributed by atoms with E-state index in [0.29, 0.717) is 18.8 Å². The van der Waals surface area contributed by atoms with Crippen molar-refractivity contribution in [2.45, 2.75) is 31.8 Å². The Morgan fingerprint density at radius 3 is 2.45 bits per heavy atom. The molecule has 0 atom stereocenters. The Morgan fingerprint density at radius 1 is 1.05 bits per heavy atom. The molecule has 0 aliphatic rings. The first-order chi connectivity index (χ1) is 10.5. The molecule has 0 saturated heterocycles. The SMILES string of the molecule is CCCOS(=O)(=O)c1ccc(C)cc1OCc1ccccc1. The van der Waals surface area contributed by atoms with Crippen LogP contribution >= 0.6 is 0 Å². The van der Waals surface area contributed by atoms with Crippen molar-refractivity contribution >= 4 is 10.1 Å². The van der Waals surface area contributed by atoms with E-state index in [2.05, 4.69) is 0 Å². The van der Waals surface area contributed by atoms with Crippen LogP contribution in [0, 0.1) is 6.92 Å². The van der Waals surface area contributed by atoms with Crippen LogP contribution in [-0.4, -0.2) is 15.0 Å². The third-order valence-corrected chi connectivity index (χ3v) is 4.40. The van der Waals surface area contributed by atoms with Gasteiger partial charge in [0.15, 0.2) is 0 Å². The lowest BCUT2D eigenvalue weighted by Crippen LogP contribution is -2.10. The van der Waals surface area contributed by atoms with Crippen LogP contribution in [0.2, 0.25) is 0 Å². The fourth-order valence-corrected chi connectivity index (χ4v) is 3.04. The number of aryl methyl sites for hydroxylation is 1. The van der Waals surface area contributed by atoms with Gasteiger partial charge < -0.3 is 4.74 Å². The quantitative estimate of drug-likeness (QED) is 0.730. The van der Waals surface area contributed by atoms with Gasteiger partial charge in [-0.1, -0.05) is 43.3 Å². The Kier molecular flexibility index (Phi) is 5.57.